The average Bonchev–Trinajstić information content (AvgIpc) is 2.95. The molecule has 0 saturated heterocycles. The molecule has 1 N–H and O–H groups in total. The van der Waals surface area contributed by atoms with E-state index in [9.17, 15) is 0 Å². The van der Waals surface area contributed by atoms with Crippen molar-refractivity contribution in [3.63, 3.8) is 0 Å². The van der Waals surface area contributed by atoms with E-state index in [1.165, 1.54) is 35.1 Å². The third-order valence-electron chi connectivity index (χ3n) is 3.41. The van der Waals surface area contributed by atoms with Crippen LogP contribution in [0.2, 0.25) is 0 Å². The van der Waals surface area contributed by atoms with Gasteiger partial charge >= 0.3 is 0 Å². The Morgan fingerprint density at radius 1 is 1.07 bits per heavy atom. The molecule has 15 heavy (non-hydrogen) atoms. The first kappa shape index (κ1) is 10.7. The normalized spacial score (nSPS) is 17.9. The number of aryl methyl sites for hydroxylation is 3. The molecule has 0 radical (unpaired) electrons. The Balaban J connectivity index is 2.21. The third-order valence-corrected chi connectivity index (χ3v) is 3.41. The van der Waals surface area contributed by atoms with Gasteiger partial charge in [-0.2, -0.15) is 0 Å². The Morgan fingerprint density at radius 2 is 1.67 bits per heavy atom. The Morgan fingerprint density at radius 3 is 2.27 bits per heavy atom. The zero-order valence-corrected chi connectivity index (χ0v) is 10.2. The van der Waals surface area contributed by atoms with Gasteiger partial charge in [0.25, 0.3) is 0 Å². The summed E-state index contributed by atoms with van der Waals surface area (Å²) in [4.78, 5) is 0. The molecular formula is C14H21N. The fourth-order valence-corrected chi connectivity index (χ4v) is 2.14. The van der Waals surface area contributed by atoms with Crippen molar-refractivity contribution in [3.05, 3.63) is 34.4 Å². The van der Waals surface area contributed by atoms with Gasteiger partial charge in [0.15, 0.2) is 0 Å². The van der Waals surface area contributed by atoms with Gasteiger partial charge in [-0.15, -0.1) is 0 Å². The molecule has 1 saturated carbocycles. The first-order chi connectivity index (χ1) is 7.08. The lowest BCUT2D eigenvalue weighted by atomic mass is 9.96. The average molecular weight is 203 g/mol. The maximum Gasteiger partial charge on any atom is 0.0297 e. The zero-order chi connectivity index (χ0) is 11.0. The number of benzene rings is 1. The highest BCUT2D eigenvalue weighted by molar-refractivity contribution is 5.38. The molecule has 1 aliphatic carbocycles. The second-order valence-corrected chi connectivity index (χ2v) is 4.96. The molecule has 1 fully saturated rings. The highest BCUT2D eigenvalue weighted by atomic mass is 15.0. The minimum atomic E-state index is 0.497. The fraction of sp³-hybridized carbons (Fsp3) is 0.571. The second kappa shape index (κ2) is 3.97. The smallest absolute Gasteiger partial charge is 0.0297 e. The SMILES string of the molecule is Cc1cc(C)c(C(C)NC2CC2)cc1C. The van der Waals surface area contributed by atoms with E-state index in [-0.39, 0.29) is 0 Å². The summed E-state index contributed by atoms with van der Waals surface area (Å²) in [7, 11) is 0. The molecule has 0 heterocycles. The molecule has 0 aromatic heterocycles. The molecule has 1 aliphatic rings. The third kappa shape index (κ3) is 2.40. The molecule has 1 unspecified atom stereocenters. The van der Waals surface area contributed by atoms with Crippen molar-refractivity contribution in [2.45, 2.75) is 52.6 Å². The van der Waals surface area contributed by atoms with Gasteiger partial charge in [0.1, 0.15) is 0 Å². The van der Waals surface area contributed by atoms with Crippen LogP contribution in [0.4, 0.5) is 0 Å². The van der Waals surface area contributed by atoms with Gasteiger partial charge in [-0.1, -0.05) is 12.1 Å². The lowest BCUT2D eigenvalue weighted by molar-refractivity contribution is 0.568. The molecule has 1 heteroatoms. The standard InChI is InChI=1S/C14H21N/c1-9-7-11(3)14(8-10(9)2)12(4)15-13-5-6-13/h7-8,12-13,15H,5-6H2,1-4H3. The van der Waals surface area contributed by atoms with Gasteiger partial charge < -0.3 is 5.32 Å². The zero-order valence-electron chi connectivity index (χ0n) is 10.2. The van der Waals surface area contributed by atoms with E-state index < -0.39 is 0 Å². The highest BCUT2D eigenvalue weighted by Gasteiger charge is 2.23. The van der Waals surface area contributed by atoms with Crippen molar-refractivity contribution in [1.29, 1.82) is 0 Å². The molecule has 1 atom stereocenters. The predicted octanol–water partition coefficient (Wildman–Crippen LogP) is 3.42. The monoisotopic (exact) mass is 203 g/mol. The number of nitrogens with one attached hydrogen (secondary N) is 1. The molecular weight excluding hydrogens is 182 g/mol. The first-order valence-electron chi connectivity index (χ1n) is 5.91. The molecule has 0 bridgehead atoms. The van der Waals surface area contributed by atoms with Crippen molar-refractivity contribution in [1.82, 2.24) is 5.32 Å². The van der Waals surface area contributed by atoms with E-state index in [0.717, 1.165) is 6.04 Å². The van der Waals surface area contributed by atoms with E-state index in [2.05, 4.69) is 45.1 Å². The molecule has 0 amide bonds. The van der Waals surface area contributed by atoms with Gasteiger partial charge in [0.05, 0.1) is 0 Å². The Hall–Kier alpha value is -0.820. The van der Waals surface area contributed by atoms with Crippen LogP contribution in [0.25, 0.3) is 0 Å². The van der Waals surface area contributed by atoms with Crippen LogP contribution in [0.3, 0.4) is 0 Å². The lowest BCUT2D eigenvalue weighted by Gasteiger charge is -2.18. The van der Waals surface area contributed by atoms with E-state index in [1.54, 1.807) is 0 Å². The molecule has 0 aliphatic heterocycles. The van der Waals surface area contributed by atoms with Crippen LogP contribution in [-0.2, 0) is 0 Å². The number of hydrogen-bond acceptors (Lipinski definition) is 1. The van der Waals surface area contributed by atoms with Crippen LogP contribution in [0.15, 0.2) is 12.1 Å². The lowest BCUT2D eigenvalue weighted by Crippen LogP contribution is -2.21. The van der Waals surface area contributed by atoms with Gasteiger partial charge in [-0.25, -0.2) is 0 Å². The molecule has 1 aromatic carbocycles. The summed E-state index contributed by atoms with van der Waals surface area (Å²) >= 11 is 0. The quantitative estimate of drug-likeness (QED) is 0.793. The van der Waals surface area contributed by atoms with Crippen LogP contribution in [-0.4, -0.2) is 6.04 Å². The van der Waals surface area contributed by atoms with Crippen molar-refractivity contribution in [2.24, 2.45) is 0 Å². The van der Waals surface area contributed by atoms with Crippen molar-refractivity contribution in [3.8, 4) is 0 Å². The van der Waals surface area contributed by atoms with E-state index >= 15 is 0 Å². The van der Waals surface area contributed by atoms with Gasteiger partial charge in [0.2, 0.25) is 0 Å². The topological polar surface area (TPSA) is 12.0 Å². The van der Waals surface area contributed by atoms with Crippen LogP contribution >= 0.6 is 0 Å². The summed E-state index contributed by atoms with van der Waals surface area (Å²) in [5.74, 6) is 0. The maximum absolute atomic E-state index is 3.66. The Bertz CT molecular complexity index is 364. The summed E-state index contributed by atoms with van der Waals surface area (Å²) in [6.07, 6.45) is 2.71. The van der Waals surface area contributed by atoms with E-state index in [4.69, 9.17) is 0 Å². The molecule has 1 nitrogen and oxygen atoms in total. The van der Waals surface area contributed by atoms with Gasteiger partial charge in [-0.3, -0.25) is 0 Å². The molecule has 82 valence electrons. The van der Waals surface area contributed by atoms with Crippen LogP contribution in [0.1, 0.15) is 48.1 Å². The van der Waals surface area contributed by atoms with Gasteiger partial charge in [-0.05, 0) is 62.8 Å². The summed E-state index contributed by atoms with van der Waals surface area (Å²) in [5, 5.41) is 3.66. The van der Waals surface area contributed by atoms with Crippen molar-refractivity contribution < 1.29 is 0 Å². The summed E-state index contributed by atoms with van der Waals surface area (Å²) in [6.45, 7) is 8.87. The predicted molar refractivity (Wildman–Crippen MR) is 65.2 cm³/mol. The van der Waals surface area contributed by atoms with Gasteiger partial charge in [0, 0.05) is 12.1 Å². The van der Waals surface area contributed by atoms with E-state index in [1.807, 2.05) is 0 Å². The Labute approximate surface area is 92.9 Å². The largest absolute Gasteiger partial charge is 0.307 e. The number of hydrogen-bond donors (Lipinski definition) is 1. The number of rotatable bonds is 3. The van der Waals surface area contributed by atoms with Crippen LogP contribution in [0.5, 0.6) is 0 Å². The van der Waals surface area contributed by atoms with Crippen LogP contribution in [0, 0.1) is 20.8 Å². The van der Waals surface area contributed by atoms with Crippen molar-refractivity contribution >= 4 is 0 Å². The summed E-state index contributed by atoms with van der Waals surface area (Å²) in [6, 6.07) is 5.92. The summed E-state index contributed by atoms with van der Waals surface area (Å²) < 4.78 is 0. The minimum absolute atomic E-state index is 0.497. The van der Waals surface area contributed by atoms with Crippen molar-refractivity contribution in [2.75, 3.05) is 0 Å². The molecule has 2 rings (SSSR count). The first-order valence-corrected chi connectivity index (χ1v) is 5.91. The molecule has 0 spiro atoms. The van der Waals surface area contributed by atoms with Crippen LogP contribution < -0.4 is 5.32 Å². The second-order valence-electron chi connectivity index (χ2n) is 4.96. The Kier molecular flexibility index (Phi) is 2.83. The fourth-order valence-electron chi connectivity index (χ4n) is 2.14. The summed E-state index contributed by atoms with van der Waals surface area (Å²) in [5.41, 5.74) is 5.68. The minimum Gasteiger partial charge on any atom is -0.307 e. The van der Waals surface area contributed by atoms with E-state index in [0.29, 0.717) is 6.04 Å². The maximum atomic E-state index is 3.66. The molecule has 1 aromatic rings. The highest BCUT2D eigenvalue weighted by Crippen LogP contribution is 2.26.